The van der Waals surface area contributed by atoms with Crippen LogP contribution >= 0.6 is 22.6 Å². The van der Waals surface area contributed by atoms with Gasteiger partial charge in [-0.15, -0.1) is 0 Å². The van der Waals surface area contributed by atoms with E-state index in [1.54, 1.807) is 19.1 Å². The summed E-state index contributed by atoms with van der Waals surface area (Å²) >= 11 is 2.35. The molecule has 0 unspecified atom stereocenters. The molecule has 1 aromatic carbocycles. The van der Waals surface area contributed by atoms with Crippen molar-refractivity contribution in [2.24, 2.45) is 0 Å². The predicted molar refractivity (Wildman–Crippen MR) is 87.5 cm³/mol. The molecule has 5 nitrogen and oxygen atoms in total. The molecule has 0 aromatic heterocycles. The van der Waals surface area contributed by atoms with Crippen molar-refractivity contribution in [3.63, 3.8) is 0 Å². The van der Waals surface area contributed by atoms with E-state index >= 15 is 0 Å². The van der Waals surface area contributed by atoms with Crippen molar-refractivity contribution in [3.05, 3.63) is 39.4 Å². The average Bonchev–Trinajstić information content (AvgIpc) is 2.42. The summed E-state index contributed by atoms with van der Waals surface area (Å²) in [6.07, 6.45) is 4.42. The van der Waals surface area contributed by atoms with Gasteiger partial charge in [0.05, 0.1) is 4.92 Å². The molecule has 0 heterocycles. The van der Waals surface area contributed by atoms with Crippen LogP contribution < -0.4 is 5.32 Å². The highest BCUT2D eigenvalue weighted by atomic mass is 127. The van der Waals surface area contributed by atoms with Crippen LogP contribution in [0.25, 0.3) is 0 Å². The summed E-state index contributed by atoms with van der Waals surface area (Å²) < 4.78 is 1.16. The third-order valence-electron chi connectivity index (χ3n) is 3.01. The number of unbranched alkanes of at least 4 members (excludes halogenated alkanes) is 3. The molecule has 0 spiro atoms. The fraction of sp³-hybridized carbons (Fsp3) is 0.500. The van der Waals surface area contributed by atoms with E-state index in [0.29, 0.717) is 17.7 Å². The van der Waals surface area contributed by atoms with Crippen LogP contribution in [0.15, 0.2) is 18.2 Å². The number of amides is 1. The average molecular weight is 390 g/mol. The molecule has 0 fully saturated rings. The zero-order valence-electron chi connectivity index (χ0n) is 11.5. The van der Waals surface area contributed by atoms with E-state index in [1.165, 1.54) is 18.9 Å². The number of nitrogens with one attached hydrogen (secondary N) is 1. The topological polar surface area (TPSA) is 72.2 Å². The first-order valence-corrected chi connectivity index (χ1v) is 8.18. The highest BCUT2D eigenvalue weighted by molar-refractivity contribution is 14.1. The van der Waals surface area contributed by atoms with E-state index in [9.17, 15) is 14.9 Å². The molecule has 0 atom stereocenters. The number of carbonyl (C=O) groups excluding carboxylic acids is 1. The van der Waals surface area contributed by atoms with Gasteiger partial charge < -0.3 is 5.32 Å². The Kier molecular flexibility index (Phi) is 7.50. The molecule has 0 radical (unpaired) electrons. The van der Waals surface area contributed by atoms with Crippen molar-refractivity contribution in [2.45, 2.75) is 32.6 Å². The minimum absolute atomic E-state index is 0.0142. The molecular formula is C14H19IN2O3. The molecule has 0 aliphatic rings. The smallest absolute Gasteiger partial charge is 0.273 e. The summed E-state index contributed by atoms with van der Waals surface area (Å²) in [5.74, 6) is -0.248. The van der Waals surface area contributed by atoms with E-state index in [0.717, 1.165) is 17.3 Å². The quantitative estimate of drug-likeness (QED) is 0.242. The molecule has 0 aliphatic heterocycles. The summed E-state index contributed by atoms with van der Waals surface area (Å²) in [7, 11) is 0. The first-order chi connectivity index (χ1) is 9.56. The molecule has 0 saturated carbocycles. The van der Waals surface area contributed by atoms with Crippen molar-refractivity contribution in [2.75, 3.05) is 11.0 Å². The van der Waals surface area contributed by atoms with Crippen LogP contribution in [-0.2, 0) is 0 Å². The number of hydrogen-bond donors (Lipinski definition) is 1. The summed E-state index contributed by atoms with van der Waals surface area (Å²) in [6.45, 7) is 2.27. The number of nitro benzene ring substituents is 1. The molecule has 6 heteroatoms. The van der Waals surface area contributed by atoms with E-state index in [1.807, 2.05) is 0 Å². The molecule has 0 saturated heterocycles. The molecule has 1 aromatic rings. The third-order valence-corrected chi connectivity index (χ3v) is 3.78. The number of benzene rings is 1. The first-order valence-electron chi connectivity index (χ1n) is 6.65. The summed E-state index contributed by atoms with van der Waals surface area (Å²) in [4.78, 5) is 22.3. The molecule has 20 heavy (non-hydrogen) atoms. The van der Waals surface area contributed by atoms with Gasteiger partial charge in [0.1, 0.15) is 0 Å². The molecule has 110 valence electrons. The number of rotatable bonds is 8. The number of hydrogen-bond acceptors (Lipinski definition) is 3. The van der Waals surface area contributed by atoms with Gasteiger partial charge in [0.25, 0.3) is 11.6 Å². The van der Waals surface area contributed by atoms with Gasteiger partial charge in [0.15, 0.2) is 0 Å². The van der Waals surface area contributed by atoms with Crippen molar-refractivity contribution in [3.8, 4) is 0 Å². The number of nitrogens with zero attached hydrogens (tertiary/aromatic N) is 1. The van der Waals surface area contributed by atoms with Crippen LogP contribution in [0.3, 0.4) is 0 Å². The van der Waals surface area contributed by atoms with Crippen LogP contribution in [0.2, 0.25) is 0 Å². The van der Waals surface area contributed by atoms with Crippen LogP contribution in [0.5, 0.6) is 0 Å². The SMILES string of the molecule is Cc1ccc(C(=O)NCCCCCCI)cc1[N+](=O)[O-]. The monoisotopic (exact) mass is 390 g/mol. The predicted octanol–water partition coefficient (Wildman–Crippen LogP) is 3.63. The molecule has 1 rings (SSSR count). The van der Waals surface area contributed by atoms with E-state index in [-0.39, 0.29) is 11.6 Å². The van der Waals surface area contributed by atoms with E-state index < -0.39 is 4.92 Å². The largest absolute Gasteiger partial charge is 0.352 e. The number of aryl methyl sites for hydroxylation is 1. The maximum atomic E-state index is 11.9. The number of alkyl halides is 1. The fourth-order valence-electron chi connectivity index (χ4n) is 1.82. The minimum Gasteiger partial charge on any atom is -0.352 e. The van der Waals surface area contributed by atoms with Crippen LogP contribution in [0, 0.1) is 17.0 Å². The third kappa shape index (κ3) is 5.44. The van der Waals surface area contributed by atoms with Crippen molar-refractivity contribution in [1.82, 2.24) is 5.32 Å². The Balaban J connectivity index is 2.47. The zero-order chi connectivity index (χ0) is 15.0. The van der Waals surface area contributed by atoms with Gasteiger partial charge in [0.2, 0.25) is 0 Å². The normalized spacial score (nSPS) is 10.3. The second-order valence-corrected chi connectivity index (χ2v) is 5.70. The second kappa shape index (κ2) is 8.89. The lowest BCUT2D eigenvalue weighted by Crippen LogP contribution is -2.24. The molecule has 1 amide bonds. The van der Waals surface area contributed by atoms with Gasteiger partial charge in [-0.05, 0) is 30.3 Å². The molecule has 0 aliphatic carbocycles. The fourth-order valence-corrected chi connectivity index (χ4v) is 2.36. The van der Waals surface area contributed by atoms with E-state index in [4.69, 9.17) is 0 Å². The van der Waals surface area contributed by atoms with Gasteiger partial charge >= 0.3 is 0 Å². The Morgan fingerprint density at radius 1 is 1.30 bits per heavy atom. The number of nitro groups is 1. The standard InChI is InChI=1S/C14H19IN2O3/c1-11-6-7-12(10-13(11)17(19)20)14(18)16-9-5-3-2-4-8-15/h6-7,10H,2-5,8-9H2,1H3,(H,16,18). The number of halogens is 1. The van der Waals surface area contributed by atoms with Gasteiger partial charge in [-0.1, -0.05) is 41.5 Å². The zero-order valence-corrected chi connectivity index (χ0v) is 13.7. The number of carbonyl (C=O) groups is 1. The van der Waals surface area contributed by atoms with Crippen molar-refractivity contribution < 1.29 is 9.72 Å². The first kappa shape index (κ1) is 16.9. The minimum atomic E-state index is -0.462. The maximum absolute atomic E-state index is 11.9. The lowest BCUT2D eigenvalue weighted by molar-refractivity contribution is -0.385. The summed E-state index contributed by atoms with van der Waals surface area (Å²) in [6, 6.07) is 4.56. The lowest BCUT2D eigenvalue weighted by Gasteiger charge is -2.06. The lowest BCUT2D eigenvalue weighted by atomic mass is 10.1. The van der Waals surface area contributed by atoms with E-state index in [2.05, 4.69) is 27.9 Å². The molecular weight excluding hydrogens is 371 g/mol. The van der Waals surface area contributed by atoms with Crippen molar-refractivity contribution in [1.29, 1.82) is 0 Å². The molecule has 1 N–H and O–H groups in total. The van der Waals surface area contributed by atoms with Gasteiger partial charge in [-0.25, -0.2) is 0 Å². The van der Waals surface area contributed by atoms with Crippen molar-refractivity contribution >= 4 is 34.2 Å². The highest BCUT2D eigenvalue weighted by Crippen LogP contribution is 2.19. The Morgan fingerprint density at radius 3 is 2.65 bits per heavy atom. The summed E-state index contributed by atoms with van der Waals surface area (Å²) in [5.41, 5.74) is 0.889. The molecule has 0 bridgehead atoms. The Hall–Kier alpha value is -1.18. The van der Waals surface area contributed by atoms with Crippen LogP contribution in [0.4, 0.5) is 5.69 Å². The summed E-state index contributed by atoms with van der Waals surface area (Å²) in [5, 5.41) is 13.6. The highest BCUT2D eigenvalue weighted by Gasteiger charge is 2.14. The Bertz CT molecular complexity index is 477. The van der Waals surface area contributed by atoms with Gasteiger partial charge in [0, 0.05) is 23.7 Å². The van der Waals surface area contributed by atoms with Crippen LogP contribution in [-0.4, -0.2) is 21.8 Å². The Morgan fingerprint density at radius 2 is 2.00 bits per heavy atom. The van der Waals surface area contributed by atoms with Gasteiger partial charge in [-0.3, -0.25) is 14.9 Å². The maximum Gasteiger partial charge on any atom is 0.273 e. The van der Waals surface area contributed by atoms with Gasteiger partial charge in [-0.2, -0.15) is 0 Å². The second-order valence-electron chi connectivity index (χ2n) is 4.62. The van der Waals surface area contributed by atoms with Crippen LogP contribution in [0.1, 0.15) is 41.6 Å². The Labute approximate surface area is 132 Å².